The Balaban J connectivity index is 1.48. The summed E-state index contributed by atoms with van der Waals surface area (Å²) in [4.78, 5) is 16.2. The zero-order valence-corrected chi connectivity index (χ0v) is 11.1. The number of anilines is 1. The van der Waals surface area contributed by atoms with E-state index in [9.17, 15) is 4.79 Å². The number of amides is 1. The SMILES string of the molecule is O=C(NCCCc1ncn[nH]1)C1CNc2ccccc21. The van der Waals surface area contributed by atoms with E-state index < -0.39 is 0 Å². The average molecular weight is 271 g/mol. The summed E-state index contributed by atoms with van der Waals surface area (Å²) in [5.74, 6) is 0.851. The lowest BCUT2D eigenvalue weighted by Gasteiger charge is -2.10. The number of aromatic amines is 1. The van der Waals surface area contributed by atoms with Crippen LogP contribution in [0.5, 0.6) is 0 Å². The maximum atomic E-state index is 12.2. The molecule has 0 fully saturated rings. The number of para-hydroxylation sites is 1. The van der Waals surface area contributed by atoms with Crippen LogP contribution in [-0.2, 0) is 11.2 Å². The average Bonchev–Trinajstić information content (AvgIpc) is 3.12. The molecule has 1 atom stereocenters. The van der Waals surface area contributed by atoms with Crippen molar-refractivity contribution in [1.82, 2.24) is 20.5 Å². The van der Waals surface area contributed by atoms with E-state index in [1.54, 1.807) is 0 Å². The van der Waals surface area contributed by atoms with E-state index in [-0.39, 0.29) is 11.8 Å². The van der Waals surface area contributed by atoms with Crippen molar-refractivity contribution in [2.75, 3.05) is 18.4 Å². The quantitative estimate of drug-likeness (QED) is 0.710. The van der Waals surface area contributed by atoms with Crippen LogP contribution < -0.4 is 10.6 Å². The highest BCUT2D eigenvalue weighted by Crippen LogP contribution is 2.30. The topological polar surface area (TPSA) is 82.7 Å². The first-order valence-electron chi connectivity index (χ1n) is 6.79. The number of hydrogen-bond acceptors (Lipinski definition) is 4. The first-order chi connectivity index (χ1) is 9.84. The van der Waals surface area contributed by atoms with Gasteiger partial charge in [0.25, 0.3) is 0 Å². The van der Waals surface area contributed by atoms with Gasteiger partial charge in [-0.05, 0) is 18.1 Å². The van der Waals surface area contributed by atoms with Gasteiger partial charge in [0.15, 0.2) is 0 Å². The van der Waals surface area contributed by atoms with E-state index in [0.717, 1.165) is 29.9 Å². The summed E-state index contributed by atoms with van der Waals surface area (Å²) in [5, 5.41) is 12.8. The smallest absolute Gasteiger partial charge is 0.229 e. The lowest BCUT2D eigenvalue weighted by molar-refractivity contribution is -0.122. The number of benzene rings is 1. The zero-order chi connectivity index (χ0) is 13.8. The van der Waals surface area contributed by atoms with Crippen molar-refractivity contribution in [3.8, 4) is 0 Å². The minimum atomic E-state index is -0.0866. The van der Waals surface area contributed by atoms with Crippen molar-refractivity contribution in [3.63, 3.8) is 0 Å². The first kappa shape index (κ1) is 12.7. The molecule has 2 aromatic rings. The van der Waals surface area contributed by atoms with E-state index in [1.807, 2.05) is 24.3 Å². The number of carbonyl (C=O) groups is 1. The number of carbonyl (C=O) groups excluding carboxylic acids is 1. The van der Waals surface area contributed by atoms with Crippen LogP contribution in [0, 0.1) is 0 Å². The Bertz CT molecular complexity index is 581. The lowest BCUT2D eigenvalue weighted by Crippen LogP contribution is -2.31. The van der Waals surface area contributed by atoms with Gasteiger partial charge in [-0.2, -0.15) is 5.10 Å². The number of nitrogens with zero attached hydrogens (tertiary/aromatic N) is 2. The molecule has 104 valence electrons. The second kappa shape index (κ2) is 5.73. The standard InChI is InChI=1S/C14H17N5O/c20-14(15-7-3-6-13-17-9-18-19-13)11-8-16-12-5-2-1-4-10(11)12/h1-2,4-5,9,11,16H,3,6-8H2,(H,15,20)(H,17,18,19). The molecule has 6 heteroatoms. The van der Waals surface area contributed by atoms with Gasteiger partial charge in [-0.15, -0.1) is 0 Å². The number of rotatable bonds is 5. The number of hydrogen-bond donors (Lipinski definition) is 3. The van der Waals surface area contributed by atoms with Crippen LogP contribution in [0.1, 0.15) is 23.7 Å². The predicted octanol–water partition coefficient (Wildman–Crippen LogP) is 1.06. The largest absolute Gasteiger partial charge is 0.384 e. The Labute approximate surface area is 117 Å². The molecular formula is C14H17N5O. The van der Waals surface area contributed by atoms with Crippen LogP contribution in [0.25, 0.3) is 0 Å². The highest BCUT2D eigenvalue weighted by Gasteiger charge is 2.27. The molecule has 0 bridgehead atoms. The van der Waals surface area contributed by atoms with Gasteiger partial charge in [0.05, 0.1) is 5.92 Å². The molecule has 0 aliphatic carbocycles. The molecular weight excluding hydrogens is 254 g/mol. The van der Waals surface area contributed by atoms with Crippen LogP contribution in [0.2, 0.25) is 0 Å². The summed E-state index contributed by atoms with van der Waals surface area (Å²) in [5.41, 5.74) is 2.15. The van der Waals surface area contributed by atoms with Gasteiger partial charge in [-0.3, -0.25) is 9.89 Å². The number of aryl methyl sites for hydroxylation is 1. The van der Waals surface area contributed by atoms with E-state index in [1.165, 1.54) is 6.33 Å². The third kappa shape index (κ3) is 2.64. The minimum Gasteiger partial charge on any atom is -0.384 e. The van der Waals surface area contributed by atoms with Crippen molar-refractivity contribution >= 4 is 11.6 Å². The highest BCUT2D eigenvalue weighted by atomic mass is 16.1. The molecule has 0 saturated heterocycles. The summed E-state index contributed by atoms with van der Waals surface area (Å²) in [6, 6.07) is 7.96. The molecule has 0 saturated carbocycles. The normalized spacial score (nSPS) is 16.5. The van der Waals surface area contributed by atoms with Gasteiger partial charge >= 0.3 is 0 Å². The van der Waals surface area contributed by atoms with Gasteiger partial charge in [0.1, 0.15) is 12.2 Å². The fraction of sp³-hybridized carbons (Fsp3) is 0.357. The van der Waals surface area contributed by atoms with Crippen LogP contribution in [0.15, 0.2) is 30.6 Å². The van der Waals surface area contributed by atoms with Crippen LogP contribution in [0.4, 0.5) is 5.69 Å². The summed E-state index contributed by atoms with van der Waals surface area (Å²) in [6.07, 6.45) is 3.14. The van der Waals surface area contributed by atoms with Gasteiger partial charge in [0.2, 0.25) is 5.91 Å². The van der Waals surface area contributed by atoms with Gasteiger partial charge < -0.3 is 10.6 Å². The maximum absolute atomic E-state index is 12.2. The van der Waals surface area contributed by atoms with Crippen molar-refractivity contribution in [1.29, 1.82) is 0 Å². The first-order valence-corrected chi connectivity index (χ1v) is 6.79. The van der Waals surface area contributed by atoms with E-state index >= 15 is 0 Å². The third-order valence-corrected chi connectivity index (χ3v) is 3.50. The summed E-state index contributed by atoms with van der Waals surface area (Å²) < 4.78 is 0. The van der Waals surface area contributed by atoms with Gasteiger partial charge in [0, 0.05) is 25.2 Å². The Morgan fingerprint density at radius 1 is 1.40 bits per heavy atom. The van der Waals surface area contributed by atoms with Crippen LogP contribution in [0.3, 0.4) is 0 Å². The summed E-state index contributed by atoms with van der Waals surface area (Å²) >= 11 is 0. The maximum Gasteiger partial charge on any atom is 0.229 e. The summed E-state index contributed by atoms with van der Waals surface area (Å²) in [7, 11) is 0. The molecule has 2 heterocycles. The molecule has 1 aromatic heterocycles. The molecule has 0 spiro atoms. The molecule has 3 N–H and O–H groups in total. The van der Waals surface area contributed by atoms with E-state index in [0.29, 0.717) is 13.1 Å². The molecule has 20 heavy (non-hydrogen) atoms. The van der Waals surface area contributed by atoms with E-state index in [2.05, 4.69) is 25.8 Å². The number of nitrogens with one attached hydrogen (secondary N) is 3. The number of H-pyrrole nitrogens is 1. The molecule has 6 nitrogen and oxygen atoms in total. The second-order valence-electron chi connectivity index (χ2n) is 4.85. The molecule has 1 aromatic carbocycles. The fourth-order valence-electron chi connectivity index (χ4n) is 2.46. The van der Waals surface area contributed by atoms with Crippen molar-refractivity contribution in [2.45, 2.75) is 18.8 Å². The zero-order valence-electron chi connectivity index (χ0n) is 11.1. The molecule has 1 aliphatic rings. The summed E-state index contributed by atoms with van der Waals surface area (Å²) in [6.45, 7) is 1.32. The lowest BCUT2D eigenvalue weighted by atomic mass is 10.0. The Morgan fingerprint density at radius 3 is 3.15 bits per heavy atom. The molecule has 1 aliphatic heterocycles. The monoisotopic (exact) mass is 271 g/mol. The second-order valence-corrected chi connectivity index (χ2v) is 4.85. The van der Waals surface area contributed by atoms with Crippen LogP contribution in [-0.4, -0.2) is 34.2 Å². The highest BCUT2D eigenvalue weighted by molar-refractivity contribution is 5.88. The van der Waals surface area contributed by atoms with E-state index in [4.69, 9.17) is 0 Å². The Hall–Kier alpha value is -2.37. The van der Waals surface area contributed by atoms with Crippen LogP contribution >= 0.6 is 0 Å². The van der Waals surface area contributed by atoms with Crippen molar-refractivity contribution < 1.29 is 4.79 Å². The molecule has 0 radical (unpaired) electrons. The number of fused-ring (bicyclic) bond motifs is 1. The molecule has 1 amide bonds. The molecule has 1 unspecified atom stereocenters. The van der Waals surface area contributed by atoms with Crippen molar-refractivity contribution in [2.24, 2.45) is 0 Å². The number of aromatic nitrogens is 3. The fourth-order valence-corrected chi connectivity index (χ4v) is 2.46. The van der Waals surface area contributed by atoms with Gasteiger partial charge in [-0.25, -0.2) is 4.98 Å². The Kier molecular flexibility index (Phi) is 3.62. The predicted molar refractivity (Wildman–Crippen MR) is 75.4 cm³/mol. The third-order valence-electron chi connectivity index (χ3n) is 3.50. The Morgan fingerprint density at radius 2 is 2.30 bits per heavy atom. The van der Waals surface area contributed by atoms with Gasteiger partial charge in [-0.1, -0.05) is 18.2 Å². The van der Waals surface area contributed by atoms with Crippen molar-refractivity contribution in [3.05, 3.63) is 42.0 Å². The molecule has 3 rings (SSSR count). The minimum absolute atomic E-state index is 0.0834.